The van der Waals surface area contributed by atoms with Crippen LogP contribution in [0.4, 0.5) is 0 Å². The first-order valence-corrected chi connectivity index (χ1v) is 6.92. The number of hydrogen-bond donors (Lipinski definition) is 1. The molecule has 2 aromatic carbocycles. The number of nitrogens with zero attached hydrogens (tertiary/aromatic N) is 1. The van der Waals surface area contributed by atoms with Crippen LogP contribution in [0.5, 0.6) is 0 Å². The van der Waals surface area contributed by atoms with Gasteiger partial charge < -0.3 is 12.4 Å². The van der Waals surface area contributed by atoms with Crippen LogP contribution in [0.2, 0.25) is 0 Å². The Kier molecular flexibility index (Phi) is 3.90. The summed E-state index contributed by atoms with van der Waals surface area (Å²) in [6, 6.07) is 22.7. The number of rotatable bonds is 2. The van der Waals surface area contributed by atoms with Gasteiger partial charge in [0.15, 0.2) is 6.20 Å². The van der Waals surface area contributed by atoms with Gasteiger partial charge in [0.05, 0.1) is 17.0 Å². The molecule has 2 heterocycles. The molecule has 0 bridgehead atoms. The zero-order chi connectivity index (χ0) is 14.1. The number of pyridine rings is 1. The molecular formula is C18H14ClN3. The second kappa shape index (κ2) is 6.00. The quantitative estimate of drug-likeness (QED) is 0.582. The lowest BCUT2D eigenvalue weighted by molar-refractivity contribution is -0.343. The summed E-state index contributed by atoms with van der Waals surface area (Å²) >= 11 is 0. The molecule has 4 aromatic rings. The Labute approximate surface area is 134 Å². The Morgan fingerprint density at radius 2 is 1.59 bits per heavy atom. The number of nitrogens with one attached hydrogen (secondary N) is 2. The van der Waals surface area contributed by atoms with E-state index >= 15 is 0 Å². The SMILES string of the molecule is [Cl-].c1ccc(-c2cc(-c3c[nH+]c4ccccc4c3)n[nH]2)cc1. The molecule has 0 amide bonds. The largest absolute Gasteiger partial charge is 1.00 e. The lowest BCUT2D eigenvalue weighted by Gasteiger charge is -1.95. The van der Waals surface area contributed by atoms with Crippen LogP contribution in [0.15, 0.2) is 72.9 Å². The van der Waals surface area contributed by atoms with Crippen molar-refractivity contribution in [3.05, 3.63) is 72.9 Å². The second-order valence-corrected chi connectivity index (χ2v) is 5.01. The first-order valence-electron chi connectivity index (χ1n) is 6.92. The van der Waals surface area contributed by atoms with Crippen LogP contribution in [0, 0.1) is 0 Å². The second-order valence-electron chi connectivity index (χ2n) is 5.01. The minimum Gasteiger partial charge on any atom is -1.00 e. The van der Waals surface area contributed by atoms with Gasteiger partial charge in [-0.25, -0.2) is 4.98 Å². The molecule has 0 aliphatic heterocycles. The Bertz CT molecular complexity index is 900. The Morgan fingerprint density at radius 3 is 2.45 bits per heavy atom. The number of benzene rings is 2. The van der Waals surface area contributed by atoms with Gasteiger partial charge in [-0.2, -0.15) is 5.10 Å². The fraction of sp³-hybridized carbons (Fsp3) is 0. The summed E-state index contributed by atoms with van der Waals surface area (Å²) in [7, 11) is 0. The minimum absolute atomic E-state index is 0. The summed E-state index contributed by atoms with van der Waals surface area (Å²) in [5.41, 5.74) is 5.31. The average molecular weight is 308 g/mol. The predicted molar refractivity (Wildman–Crippen MR) is 83.5 cm³/mol. The van der Waals surface area contributed by atoms with Gasteiger partial charge in [0.1, 0.15) is 0 Å². The number of aromatic amines is 2. The van der Waals surface area contributed by atoms with E-state index in [0.29, 0.717) is 0 Å². The van der Waals surface area contributed by atoms with Gasteiger partial charge in [-0.3, -0.25) is 5.10 Å². The molecule has 0 aliphatic rings. The molecule has 2 aromatic heterocycles. The summed E-state index contributed by atoms with van der Waals surface area (Å²) in [4.78, 5) is 3.31. The van der Waals surface area contributed by atoms with E-state index in [1.807, 2.05) is 36.5 Å². The van der Waals surface area contributed by atoms with Gasteiger partial charge in [-0.15, -0.1) is 0 Å². The van der Waals surface area contributed by atoms with Crippen molar-refractivity contribution in [2.24, 2.45) is 0 Å². The molecule has 2 N–H and O–H groups in total. The molecule has 3 nitrogen and oxygen atoms in total. The number of aromatic nitrogens is 3. The summed E-state index contributed by atoms with van der Waals surface area (Å²) < 4.78 is 0. The van der Waals surface area contributed by atoms with Crippen LogP contribution in [0.1, 0.15) is 0 Å². The maximum absolute atomic E-state index is 4.42. The highest BCUT2D eigenvalue weighted by Gasteiger charge is 2.09. The minimum atomic E-state index is 0. The maximum Gasteiger partial charge on any atom is 0.210 e. The van der Waals surface area contributed by atoms with Crippen LogP contribution < -0.4 is 17.4 Å². The molecule has 0 atom stereocenters. The third kappa shape index (κ3) is 2.59. The zero-order valence-electron chi connectivity index (χ0n) is 11.8. The van der Waals surface area contributed by atoms with Gasteiger partial charge in [0.2, 0.25) is 5.52 Å². The van der Waals surface area contributed by atoms with Crippen molar-refractivity contribution < 1.29 is 17.4 Å². The van der Waals surface area contributed by atoms with E-state index in [1.165, 1.54) is 5.39 Å². The van der Waals surface area contributed by atoms with Crippen molar-refractivity contribution in [1.29, 1.82) is 0 Å². The highest BCUT2D eigenvalue weighted by atomic mass is 35.5. The Balaban J connectivity index is 0.00000144. The fourth-order valence-electron chi connectivity index (χ4n) is 2.50. The third-order valence-corrected chi connectivity index (χ3v) is 3.61. The first kappa shape index (κ1) is 14.3. The number of H-pyrrole nitrogens is 2. The van der Waals surface area contributed by atoms with Gasteiger partial charge >= 0.3 is 0 Å². The highest BCUT2D eigenvalue weighted by molar-refractivity contribution is 5.80. The molecule has 0 saturated heterocycles. The monoisotopic (exact) mass is 307 g/mol. The summed E-state index contributed by atoms with van der Waals surface area (Å²) in [5, 5.41) is 8.71. The van der Waals surface area contributed by atoms with Crippen molar-refractivity contribution in [2.45, 2.75) is 0 Å². The molecule has 0 radical (unpaired) electrons. The Hall–Kier alpha value is -2.65. The zero-order valence-corrected chi connectivity index (χ0v) is 12.5. The van der Waals surface area contributed by atoms with Gasteiger partial charge in [-0.05, 0) is 23.8 Å². The van der Waals surface area contributed by atoms with Crippen LogP contribution in [0.25, 0.3) is 33.4 Å². The van der Waals surface area contributed by atoms with E-state index in [1.54, 1.807) is 0 Å². The van der Waals surface area contributed by atoms with Gasteiger partial charge in [0.25, 0.3) is 0 Å². The molecule has 0 fully saturated rings. The maximum atomic E-state index is 4.42. The fourth-order valence-corrected chi connectivity index (χ4v) is 2.50. The predicted octanol–water partition coefficient (Wildman–Crippen LogP) is 0.715. The molecule has 108 valence electrons. The topological polar surface area (TPSA) is 42.8 Å². The standard InChI is InChI=1S/C18H13N3.ClH/c1-2-6-13(7-3-1)17-11-18(21-20-17)15-10-14-8-4-5-9-16(14)19-12-15;/h1-12H,(H,20,21);1H. The van der Waals surface area contributed by atoms with E-state index in [4.69, 9.17) is 0 Å². The molecule has 4 heteroatoms. The van der Waals surface area contributed by atoms with Crippen molar-refractivity contribution in [2.75, 3.05) is 0 Å². The number of para-hydroxylation sites is 1. The van der Waals surface area contributed by atoms with E-state index in [-0.39, 0.29) is 12.4 Å². The molecule has 22 heavy (non-hydrogen) atoms. The van der Waals surface area contributed by atoms with E-state index in [0.717, 1.165) is 28.0 Å². The third-order valence-electron chi connectivity index (χ3n) is 3.61. The lowest BCUT2D eigenvalue weighted by atomic mass is 10.1. The van der Waals surface area contributed by atoms with Crippen LogP contribution in [-0.4, -0.2) is 10.2 Å². The molecule has 0 spiro atoms. The van der Waals surface area contributed by atoms with E-state index < -0.39 is 0 Å². The number of hydrogen-bond acceptors (Lipinski definition) is 1. The summed E-state index contributed by atoms with van der Waals surface area (Å²) in [6.07, 6.45) is 1.99. The van der Waals surface area contributed by atoms with Gasteiger partial charge in [-0.1, -0.05) is 42.5 Å². The Morgan fingerprint density at radius 1 is 0.818 bits per heavy atom. The normalized spacial score (nSPS) is 10.4. The van der Waals surface area contributed by atoms with Crippen molar-refractivity contribution in [1.82, 2.24) is 10.2 Å². The molecule has 0 saturated carbocycles. The molecule has 0 aliphatic carbocycles. The molecule has 0 unspecified atom stereocenters. The van der Waals surface area contributed by atoms with Crippen molar-refractivity contribution in [3.8, 4) is 22.5 Å². The van der Waals surface area contributed by atoms with Crippen molar-refractivity contribution in [3.63, 3.8) is 0 Å². The smallest absolute Gasteiger partial charge is 0.210 e. The summed E-state index contributed by atoms with van der Waals surface area (Å²) in [5.74, 6) is 0. The highest BCUT2D eigenvalue weighted by Crippen LogP contribution is 2.24. The summed E-state index contributed by atoms with van der Waals surface area (Å²) in [6.45, 7) is 0. The van der Waals surface area contributed by atoms with E-state index in [9.17, 15) is 0 Å². The number of fused-ring (bicyclic) bond motifs is 1. The van der Waals surface area contributed by atoms with Gasteiger partial charge in [0, 0.05) is 11.5 Å². The molecule has 4 rings (SSSR count). The van der Waals surface area contributed by atoms with Crippen LogP contribution in [0.3, 0.4) is 0 Å². The van der Waals surface area contributed by atoms with Crippen LogP contribution in [-0.2, 0) is 0 Å². The average Bonchev–Trinajstić information content (AvgIpc) is 3.05. The lowest BCUT2D eigenvalue weighted by Crippen LogP contribution is -3.00. The van der Waals surface area contributed by atoms with Crippen LogP contribution >= 0.6 is 0 Å². The number of halogens is 1. The van der Waals surface area contributed by atoms with E-state index in [2.05, 4.69) is 51.6 Å². The van der Waals surface area contributed by atoms with Crippen molar-refractivity contribution >= 4 is 10.9 Å². The molecular weight excluding hydrogens is 294 g/mol. The first-order chi connectivity index (χ1) is 10.4.